The topological polar surface area (TPSA) is 26.1 Å². The van der Waals surface area contributed by atoms with Crippen molar-refractivity contribution >= 4 is 11.9 Å². The Bertz CT molecular complexity index is 567. The highest BCUT2D eigenvalue weighted by molar-refractivity contribution is 5.76. The van der Waals surface area contributed by atoms with Crippen LogP contribution in [0.3, 0.4) is 0 Å². The van der Waals surface area contributed by atoms with Gasteiger partial charge in [0.05, 0.1) is 0 Å². The molecule has 0 aliphatic rings. The van der Waals surface area contributed by atoms with Crippen LogP contribution in [0, 0.1) is 16.8 Å². The zero-order valence-corrected chi connectivity index (χ0v) is 8.81. The third-order valence-corrected chi connectivity index (χ3v) is 2.18. The summed E-state index contributed by atoms with van der Waals surface area (Å²) in [6.45, 7) is 0. The summed E-state index contributed by atoms with van der Waals surface area (Å²) in [5, 5.41) is 11.6. The average Bonchev–Trinajstić information content (AvgIpc) is 2.29. The van der Waals surface area contributed by atoms with E-state index in [1.165, 1.54) is 42.6 Å². The van der Waals surface area contributed by atoms with Crippen molar-refractivity contribution in [2.75, 3.05) is 0 Å². The molecule has 0 saturated carbocycles. The van der Waals surface area contributed by atoms with Crippen LogP contribution in [0.2, 0.25) is 0 Å². The molecule has 0 radical (unpaired) electrons. The quantitative estimate of drug-likeness (QED) is 0.338. The van der Waals surface area contributed by atoms with Crippen LogP contribution in [0.15, 0.2) is 48.5 Å². The smallest absolute Gasteiger partial charge is 0.219 e. The van der Waals surface area contributed by atoms with Crippen LogP contribution < -0.4 is 0 Å². The number of nitrogens with zero attached hydrogens (tertiary/aromatic N) is 1. The molecule has 0 atom stereocenters. The van der Waals surface area contributed by atoms with E-state index in [1.807, 2.05) is 0 Å². The van der Waals surface area contributed by atoms with Crippen molar-refractivity contribution in [2.24, 2.45) is 0 Å². The van der Waals surface area contributed by atoms with E-state index in [9.17, 15) is 14.0 Å². The maximum absolute atomic E-state index is 12.9. The molecular weight excluding hydrogens is 224 g/mol. The summed E-state index contributed by atoms with van der Waals surface area (Å²) < 4.78 is 26.3. The predicted molar refractivity (Wildman–Crippen MR) is 61.3 cm³/mol. The Morgan fingerprint density at radius 2 is 1.59 bits per heavy atom. The van der Waals surface area contributed by atoms with E-state index in [0.717, 1.165) is 6.07 Å². The molecule has 0 saturated heterocycles. The minimum absolute atomic E-state index is 0.161. The maximum Gasteiger partial charge on any atom is 0.219 e. The van der Waals surface area contributed by atoms with Gasteiger partial charge in [-0.2, -0.15) is 4.74 Å². The van der Waals surface area contributed by atoms with Crippen LogP contribution in [0.1, 0.15) is 5.56 Å². The van der Waals surface area contributed by atoms with Gasteiger partial charge in [-0.1, -0.05) is 12.1 Å². The van der Waals surface area contributed by atoms with E-state index in [4.69, 9.17) is 0 Å². The molecule has 0 bridgehead atoms. The fourth-order valence-electron chi connectivity index (χ4n) is 1.41. The normalized spacial score (nSPS) is 11.5. The third kappa shape index (κ3) is 2.87. The first kappa shape index (κ1) is 11.3. The van der Waals surface area contributed by atoms with Gasteiger partial charge in [-0.05, 0) is 24.3 Å². The zero-order valence-electron chi connectivity index (χ0n) is 8.81. The van der Waals surface area contributed by atoms with Crippen LogP contribution in [0.5, 0.6) is 0 Å². The fourth-order valence-corrected chi connectivity index (χ4v) is 1.41. The van der Waals surface area contributed by atoms with E-state index < -0.39 is 11.6 Å². The molecule has 0 spiro atoms. The molecule has 0 heterocycles. The standard InChI is InChI=1S/C13H9F2NO/c14-11-4-1-3-10(7-11)9-16(17)13-6-2-5-12(15)8-13/h1-9H. The average molecular weight is 233 g/mol. The number of rotatable bonds is 2. The lowest BCUT2D eigenvalue weighted by Gasteiger charge is -2.02. The van der Waals surface area contributed by atoms with Crippen LogP contribution in [0.4, 0.5) is 14.5 Å². The minimum Gasteiger partial charge on any atom is -0.618 e. The summed E-state index contributed by atoms with van der Waals surface area (Å²) >= 11 is 0. The lowest BCUT2D eigenvalue weighted by atomic mass is 10.2. The second kappa shape index (κ2) is 4.74. The van der Waals surface area contributed by atoms with Gasteiger partial charge in [-0.25, -0.2) is 8.78 Å². The highest BCUT2D eigenvalue weighted by Crippen LogP contribution is 2.12. The largest absolute Gasteiger partial charge is 0.618 e. The molecule has 2 nitrogen and oxygen atoms in total. The van der Waals surface area contributed by atoms with Gasteiger partial charge >= 0.3 is 0 Å². The number of hydrogen-bond donors (Lipinski definition) is 0. The van der Waals surface area contributed by atoms with Crippen molar-refractivity contribution in [1.82, 2.24) is 0 Å². The second-order valence-electron chi connectivity index (χ2n) is 3.49. The molecule has 0 amide bonds. The molecule has 0 N–H and O–H groups in total. The first-order chi connectivity index (χ1) is 8.15. The van der Waals surface area contributed by atoms with Crippen molar-refractivity contribution < 1.29 is 13.5 Å². The Hall–Kier alpha value is -2.23. The van der Waals surface area contributed by atoms with Gasteiger partial charge in [0.15, 0.2) is 6.21 Å². The van der Waals surface area contributed by atoms with Gasteiger partial charge in [-0.3, -0.25) is 0 Å². The fraction of sp³-hybridized carbons (Fsp3) is 0. The monoisotopic (exact) mass is 233 g/mol. The summed E-state index contributed by atoms with van der Waals surface area (Å²) in [6, 6.07) is 10.9. The molecule has 2 aromatic carbocycles. The van der Waals surface area contributed by atoms with Crippen molar-refractivity contribution in [3.05, 3.63) is 70.9 Å². The van der Waals surface area contributed by atoms with Crippen LogP contribution in [0.25, 0.3) is 0 Å². The van der Waals surface area contributed by atoms with E-state index in [2.05, 4.69) is 0 Å². The lowest BCUT2D eigenvalue weighted by molar-refractivity contribution is -0.354. The Morgan fingerprint density at radius 3 is 2.24 bits per heavy atom. The van der Waals surface area contributed by atoms with E-state index in [1.54, 1.807) is 6.07 Å². The number of hydrogen-bond acceptors (Lipinski definition) is 1. The van der Waals surface area contributed by atoms with E-state index in [-0.39, 0.29) is 5.69 Å². The molecule has 0 unspecified atom stereocenters. The SMILES string of the molecule is [O-][N+](=Cc1cccc(F)c1)c1cccc(F)c1. The molecule has 0 aromatic heterocycles. The van der Waals surface area contributed by atoms with Crippen molar-refractivity contribution in [3.8, 4) is 0 Å². The lowest BCUT2D eigenvalue weighted by Crippen LogP contribution is -1.99. The summed E-state index contributed by atoms with van der Waals surface area (Å²) in [6.07, 6.45) is 1.19. The summed E-state index contributed by atoms with van der Waals surface area (Å²) in [5.41, 5.74) is 0.582. The molecule has 2 rings (SSSR count). The van der Waals surface area contributed by atoms with Crippen molar-refractivity contribution in [2.45, 2.75) is 0 Å². The Morgan fingerprint density at radius 1 is 0.941 bits per heavy atom. The summed E-state index contributed by atoms with van der Waals surface area (Å²) in [5.74, 6) is -0.914. The van der Waals surface area contributed by atoms with Gasteiger partial charge in [0.2, 0.25) is 5.69 Å². The van der Waals surface area contributed by atoms with E-state index >= 15 is 0 Å². The molecule has 0 aliphatic carbocycles. The number of benzene rings is 2. The Labute approximate surface area is 97.0 Å². The first-order valence-corrected chi connectivity index (χ1v) is 4.97. The molecule has 0 aliphatic heterocycles. The number of halogens is 2. The Balaban J connectivity index is 2.34. The van der Waals surface area contributed by atoms with Gasteiger partial charge in [0.1, 0.15) is 11.6 Å². The van der Waals surface area contributed by atoms with Gasteiger partial charge in [0.25, 0.3) is 0 Å². The highest BCUT2D eigenvalue weighted by Gasteiger charge is 2.03. The predicted octanol–water partition coefficient (Wildman–Crippen LogP) is 3.23. The summed E-state index contributed by atoms with van der Waals surface area (Å²) in [7, 11) is 0. The van der Waals surface area contributed by atoms with Gasteiger partial charge in [-0.15, -0.1) is 0 Å². The molecule has 2 aromatic rings. The van der Waals surface area contributed by atoms with Gasteiger partial charge in [0, 0.05) is 17.7 Å². The van der Waals surface area contributed by atoms with Gasteiger partial charge < -0.3 is 5.21 Å². The second-order valence-corrected chi connectivity index (χ2v) is 3.49. The minimum atomic E-state index is -0.490. The van der Waals surface area contributed by atoms with Crippen molar-refractivity contribution in [3.63, 3.8) is 0 Å². The van der Waals surface area contributed by atoms with Crippen LogP contribution >= 0.6 is 0 Å². The highest BCUT2D eigenvalue weighted by atomic mass is 19.1. The molecule has 4 heteroatoms. The molecule has 86 valence electrons. The molecule has 0 fully saturated rings. The zero-order chi connectivity index (χ0) is 12.3. The third-order valence-electron chi connectivity index (χ3n) is 2.18. The first-order valence-electron chi connectivity index (χ1n) is 4.97. The summed E-state index contributed by atoms with van der Waals surface area (Å²) in [4.78, 5) is 0. The Kier molecular flexibility index (Phi) is 3.14. The van der Waals surface area contributed by atoms with Crippen molar-refractivity contribution in [1.29, 1.82) is 0 Å². The van der Waals surface area contributed by atoms with Crippen LogP contribution in [-0.2, 0) is 0 Å². The van der Waals surface area contributed by atoms with E-state index in [0.29, 0.717) is 10.3 Å². The maximum atomic E-state index is 12.9. The molecular formula is C13H9F2NO. The molecule has 17 heavy (non-hydrogen) atoms. The van der Waals surface area contributed by atoms with Crippen LogP contribution in [-0.4, -0.2) is 11.0 Å².